The van der Waals surface area contributed by atoms with Crippen LogP contribution in [0.2, 0.25) is 0 Å². The van der Waals surface area contributed by atoms with Crippen LogP contribution in [0, 0.1) is 10.2 Å². The zero-order chi connectivity index (χ0) is 17.6. The number of benzene rings is 1. The van der Waals surface area contributed by atoms with Gasteiger partial charge in [0.15, 0.2) is 11.3 Å². The molecule has 0 N–H and O–H groups in total. The third kappa shape index (κ3) is 3.20. The van der Waals surface area contributed by atoms with Crippen LogP contribution < -0.4 is 18.6 Å². The fraction of sp³-hybridized carbons (Fsp3) is 0.471. The van der Waals surface area contributed by atoms with Crippen molar-refractivity contribution in [2.24, 2.45) is 0 Å². The van der Waals surface area contributed by atoms with Crippen molar-refractivity contribution in [3.63, 3.8) is 0 Å². The molecule has 0 spiro atoms. The summed E-state index contributed by atoms with van der Waals surface area (Å²) in [6.45, 7) is 11.7. The quantitative estimate of drug-likeness (QED) is 0.592. The summed E-state index contributed by atoms with van der Waals surface area (Å²) >= 11 is 0. The van der Waals surface area contributed by atoms with Crippen molar-refractivity contribution in [2.75, 3.05) is 0 Å². The molecule has 0 bridgehead atoms. The molecule has 2 aliphatic rings. The van der Waals surface area contributed by atoms with Crippen molar-refractivity contribution in [2.45, 2.75) is 52.0 Å². The fourth-order valence-electron chi connectivity index (χ4n) is 3.93. The summed E-state index contributed by atoms with van der Waals surface area (Å²) in [4.78, 5) is 0. The molecule has 2 heterocycles. The van der Waals surface area contributed by atoms with Gasteiger partial charge in [0.1, 0.15) is 0 Å². The molecule has 0 aliphatic carbocycles. The van der Waals surface area contributed by atoms with Gasteiger partial charge in [0.2, 0.25) is 5.69 Å². The van der Waals surface area contributed by atoms with Gasteiger partial charge in [0.05, 0.1) is 5.41 Å². The molecule has 126 valence electrons. The first-order valence-corrected chi connectivity index (χ1v) is 8.63. The molecule has 2 aliphatic heterocycles. The van der Waals surface area contributed by atoms with Crippen molar-refractivity contribution >= 4 is 11.4 Å². The summed E-state index contributed by atoms with van der Waals surface area (Å²) < 4.78 is 36.5. The molecule has 6 heteroatoms. The van der Waals surface area contributed by atoms with Crippen LogP contribution in [-0.4, -0.2) is 15.8 Å². The number of hydrogen-bond acceptors (Lipinski definition) is 4. The largest absolute Gasteiger partial charge is 0.222 e. The van der Waals surface area contributed by atoms with Gasteiger partial charge >= 0.3 is 0 Å². The zero-order valence-corrected chi connectivity index (χ0v) is 14.8. The lowest BCUT2D eigenvalue weighted by molar-refractivity contribution is -2.00. The molecule has 0 radical (unpaired) electrons. The van der Waals surface area contributed by atoms with Crippen molar-refractivity contribution < 1.29 is 33.5 Å². The molecule has 0 saturated heterocycles. The molecule has 0 aromatic heterocycles. The van der Waals surface area contributed by atoms with Gasteiger partial charge in [-0.05, 0) is 20.8 Å². The number of hydrogen-bond donors (Lipinski definition) is 0. The maximum atomic E-state index is 8.49. The fourth-order valence-corrected chi connectivity index (χ4v) is 3.93. The lowest BCUT2D eigenvalue weighted by Gasteiger charge is -2.36. The van der Waals surface area contributed by atoms with E-state index in [2.05, 4.69) is 69.5 Å². The van der Waals surface area contributed by atoms with Crippen LogP contribution >= 0.6 is 0 Å². The molecule has 0 saturated carbocycles. The van der Waals surface area contributed by atoms with E-state index >= 15 is 0 Å². The highest BCUT2D eigenvalue weighted by molar-refractivity contribution is 5.91. The molecule has 3 rings (SSSR count). The average Bonchev–Trinajstić information content (AvgIpc) is 2.52. The van der Waals surface area contributed by atoms with Crippen LogP contribution in [0.4, 0.5) is 5.69 Å². The molecule has 0 amide bonds. The highest BCUT2D eigenvalue weighted by Crippen LogP contribution is 2.53. The van der Waals surface area contributed by atoms with E-state index in [1.165, 1.54) is 22.5 Å². The van der Waals surface area contributed by atoms with Crippen LogP contribution in [0.5, 0.6) is 0 Å². The first-order valence-electron chi connectivity index (χ1n) is 7.40. The third-order valence-corrected chi connectivity index (χ3v) is 5.09. The Kier molecular flexibility index (Phi) is 4.47. The second-order valence-corrected chi connectivity index (χ2v) is 7.69. The Morgan fingerprint density at radius 3 is 2.09 bits per heavy atom. The van der Waals surface area contributed by atoms with Crippen LogP contribution in [0.3, 0.4) is 0 Å². The van der Waals surface area contributed by atoms with E-state index in [4.69, 9.17) is 18.6 Å². The van der Waals surface area contributed by atoms with E-state index in [0.717, 1.165) is 6.42 Å². The SMILES string of the molecule is CC1=CC(C)=[N+]2c3ccccc3C(C)(C)C2(C)C1.[O-][Cl+3]([O-])([O-])[O-]. The number of fused-ring (bicyclic) bond motifs is 3. The molecular formula is C17H22ClNO4. The summed E-state index contributed by atoms with van der Waals surface area (Å²) in [5.41, 5.74) is 6.09. The highest BCUT2D eigenvalue weighted by Gasteiger charge is 2.60. The Labute approximate surface area is 138 Å². The smallest absolute Gasteiger partial charge is 0.209 e. The zero-order valence-electron chi connectivity index (χ0n) is 14.1. The Morgan fingerprint density at radius 2 is 1.52 bits per heavy atom. The van der Waals surface area contributed by atoms with Gasteiger partial charge in [0, 0.05) is 38.0 Å². The number of allylic oxidation sites excluding steroid dienone is 1. The number of halogens is 1. The van der Waals surface area contributed by atoms with Crippen LogP contribution in [0.1, 0.15) is 46.6 Å². The Bertz CT molecular complexity index is 682. The summed E-state index contributed by atoms with van der Waals surface area (Å²) in [6.07, 6.45) is 3.48. The van der Waals surface area contributed by atoms with Gasteiger partial charge in [-0.2, -0.15) is 4.58 Å². The second kappa shape index (κ2) is 5.69. The molecule has 0 fully saturated rings. The first-order chi connectivity index (χ1) is 10.4. The molecule has 23 heavy (non-hydrogen) atoms. The number of para-hydroxylation sites is 1. The summed E-state index contributed by atoms with van der Waals surface area (Å²) in [6, 6.07) is 8.87. The predicted molar refractivity (Wildman–Crippen MR) is 76.8 cm³/mol. The van der Waals surface area contributed by atoms with Crippen molar-refractivity contribution in [3.8, 4) is 0 Å². The van der Waals surface area contributed by atoms with Gasteiger partial charge < -0.3 is 0 Å². The van der Waals surface area contributed by atoms with Crippen molar-refractivity contribution in [3.05, 3.63) is 41.5 Å². The normalized spacial score (nSPS) is 25.2. The van der Waals surface area contributed by atoms with E-state index in [-0.39, 0.29) is 11.0 Å². The molecule has 1 aromatic carbocycles. The minimum absolute atomic E-state index is 0.166. The Hall–Kier alpha value is -1.24. The maximum absolute atomic E-state index is 8.49. The van der Waals surface area contributed by atoms with E-state index < -0.39 is 10.2 Å². The van der Waals surface area contributed by atoms with Gasteiger partial charge in [-0.25, -0.2) is 18.6 Å². The van der Waals surface area contributed by atoms with E-state index in [9.17, 15) is 0 Å². The van der Waals surface area contributed by atoms with Crippen molar-refractivity contribution in [1.29, 1.82) is 0 Å². The molecule has 5 nitrogen and oxygen atoms in total. The standard InChI is InChI=1S/C17H22N.ClHO4/c1-12-10-13(2)18-15-9-7-6-8-14(15)16(3,4)17(18,5)11-12;2-1(3,4)5/h6-10H,11H2,1-5H3;(H,2,3,4,5)/q+1;/p-1. The number of rotatable bonds is 0. The maximum Gasteiger partial charge on any atom is 0.209 e. The minimum atomic E-state index is -4.94. The number of nitrogens with zero attached hydrogens (tertiary/aromatic N) is 1. The van der Waals surface area contributed by atoms with Gasteiger partial charge in [0.25, 0.3) is 0 Å². The van der Waals surface area contributed by atoms with Gasteiger partial charge in [-0.1, -0.05) is 23.8 Å². The third-order valence-electron chi connectivity index (χ3n) is 5.09. The van der Waals surface area contributed by atoms with E-state index in [1.54, 1.807) is 0 Å². The molecule has 1 atom stereocenters. The summed E-state index contributed by atoms with van der Waals surface area (Å²) in [7, 11) is -4.94. The monoisotopic (exact) mass is 339 g/mol. The average molecular weight is 340 g/mol. The first kappa shape index (κ1) is 18.1. The molecule has 1 aromatic rings. The summed E-state index contributed by atoms with van der Waals surface area (Å²) in [5.74, 6) is 0. The van der Waals surface area contributed by atoms with Crippen LogP contribution in [0.15, 0.2) is 35.9 Å². The highest BCUT2D eigenvalue weighted by atomic mass is 35.7. The van der Waals surface area contributed by atoms with Crippen molar-refractivity contribution in [1.82, 2.24) is 0 Å². The Balaban J connectivity index is 0.000000338. The lowest BCUT2D eigenvalue weighted by Crippen LogP contribution is -2.68. The van der Waals surface area contributed by atoms with Crippen LogP contribution in [-0.2, 0) is 5.41 Å². The Morgan fingerprint density at radius 1 is 1.00 bits per heavy atom. The van der Waals surface area contributed by atoms with Gasteiger partial charge in [-0.15, -0.1) is 10.2 Å². The van der Waals surface area contributed by atoms with E-state index in [0.29, 0.717) is 0 Å². The second-order valence-electron chi connectivity index (χ2n) is 6.94. The van der Waals surface area contributed by atoms with Gasteiger partial charge in [-0.3, -0.25) is 0 Å². The topological polar surface area (TPSA) is 95.2 Å². The molecule has 1 unspecified atom stereocenters. The van der Waals surface area contributed by atoms with E-state index in [1.807, 2.05) is 0 Å². The molecular weight excluding hydrogens is 318 g/mol. The summed E-state index contributed by atoms with van der Waals surface area (Å²) in [5, 5.41) is 0. The minimum Gasteiger partial charge on any atom is -0.222 e. The predicted octanol–water partition coefficient (Wildman–Crippen LogP) is -0.565. The lowest BCUT2D eigenvalue weighted by atomic mass is 9.68. The van der Waals surface area contributed by atoms with Crippen LogP contribution in [0.25, 0.3) is 0 Å².